The van der Waals surface area contributed by atoms with Crippen LogP contribution in [0, 0.1) is 0 Å². The second kappa shape index (κ2) is 12.2. The van der Waals surface area contributed by atoms with E-state index in [1.807, 2.05) is 36.4 Å². The van der Waals surface area contributed by atoms with Crippen LogP contribution in [0.25, 0.3) is 0 Å². The third-order valence-corrected chi connectivity index (χ3v) is 6.96. The average Bonchev–Trinajstić information content (AvgIpc) is 2.88. The van der Waals surface area contributed by atoms with Crippen molar-refractivity contribution in [2.75, 3.05) is 37.7 Å². The van der Waals surface area contributed by atoms with Gasteiger partial charge in [-0.3, -0.25) is 9.88 Å². The fourth-order valence-electron chi connectivity index (χ4n) is 4.71. The highest BCUT2D eigenvalue weighted by molar-refractivity contribution is 6.33. The van der Waals surface area contributed by atoms with Gasteiger partial charge in [-0.2, -0.15) is 0 Å². The second-order valence-electron chi connectivity index (χ2n) is 8.98. The van der Waals surface area contributed by atoms with E-state index in [1.165, 1.54) is 0 Å². The van der Waals surface area contributed by atoms with Gasteiger partial charge < -0.3 is 25.0 Å². The molecule has 192 valence electrons. The summed E-state index contributed by atoms with van der Waals surface area (Å²) in [5, 5.41) is 30.4. The largest absolute Gasteiger partial charge is 0.491 e. The SMILES string of the molecule is C[C@@H]1CN(C[C@@H](O)c2ccc(CO)nc2)C[C@@H](c2ccc(Cl)cc2)N1c1ccc(OCCO)cc1Cl. The Morgan fingerprint density at radius 1 is 1.06 bits per heavy atom. The maximum absolute atomic E-state index is 10.9. The van der Waals surface area contributed by atoms with Crippen molar-refractivity contribution in [3.05, 3.63) is 87.7 Å². The number of halogens is 2. The molecule has 0 amide bonds. The van der Waals surface area contributed by atoms with Gasteiger partial charge in [-0.25, -0.2) is 0 Å². The van der Waals surface area contributed by atoms with Crippen molar-refractivity contribution in [1.29, 1.82) is 0 Å². The Kier molecular flexibility index (Phi) is 9.06. The van der Waals surface area contributed by atoms with Crippen LogP contribution in [0.3, 0.4) is 0 Å². The van der Waals surface area contributed by atoms with Crippen molar-refractivity contribution >= 4 is 28.9 Å². The van der Waals surface area contributed by atoms with Crippen LogP contribution < -0.4 is 9.64 Å². The first-order chi connectivity index (χ1) is 17.4. The number of anilines is 1. The Balaban J connectivity index is 1.59. The first-order valence-electron chi connectivity index (χ1n) is 11.9. The number of pyridine rings is 1. The molecule has 3 atom stereocenters. The van der Waals surface area contributed by atoms with Crippen LogP contribution in [-0.4, -0.2) is 64.1 Å². The highest BCUT2D eigenvalue weighted by Crippen LogP contribution is 2.39. The molecule has 0 spiro atoms. The summed E-state index contributed by atoms with van der Waals surface area (Å²) in [5.41, 5.74) is 3.27. The Morgan fingerprint density at radius 2 is 1.83 bits per heavy atom. The molecule has 2 heterocycles. The van der Waals surface area contributed by atoms with Gasteiger partial charge in [0.25, 0.3) is 0 Å². The standard InChI is InChI=1S/C27H31Cl2N3O4/c1-18-14-31(16-27(35)20-4-7-22(17-34)30-13-20)15-26(19-2-5-21(28)6-3-19)32(18)25-9-8-23(12-24(25)29)36-11-10-33/h2-9,12-13,18,26-27,33-35H,10-11,14-17H2,1H3/t18-,26+,27-/m1/s1. The molecule has 1 aliphatic heterocycles. The van der Waals surface area contributed by atoms with E-state index < -0.39 is 6.10 Å². The van der Waals surface area contributed by atoms with Gasteiger partial charge in [0.1, 0.15) is 12.4 Å². The highest BCUT2D eigenvalue weighted by Gasteiger charge is 2.35. The van der Waals surface area contributed by atoms with E-state index in [4.69, 9.17) is 33.0 Å². The summed E-state index contributed by atoms with van der Waals surface area (Å²) in [6, 6.07) is 17.0. The van der Waals surface area contributed by atoms with E-state index in [-0.39, 0.29) is 31.9 Å². The van der Waals surface area contributed by atoms with Crippen LogP contribution in [0.15, 0.2) is 60.8 Å². The Hall–Kier alpha value is -2.39. The van der Waals surface area contributed by atoms with Crippen LogP contribution >= 0.6 is 23.2 Å². The zero-order valence-electron chi connectivity index (χ0n) is 20.1. The van der Waals surface area contributed by atoms with Crippen molar-refractivity contribution in [3.8, 4) is 5.75 Å². The van der Waals surface area contributed by atoms with Gasteiger partial charge in [0.05, 0.1) is 41.8 Å². The minimum absolute atomic E-state index is 0.0326. The highest BCUT2D eigenvalue weighted by atomic mass is 35.5. The van der Waals surface area contributed by atoms with Crippen molar-refractivity contribution in [3.63, 3.8) is 0 Å². The van der Waals surface area contributed by atoms with E-state index >= 15 is 0 Å². The first-order valence-corrected chi connectivity index (χ1v) is 12.7. The van der Waals surface area contributed by atoms with Gasteiger partial charge in [0, 0.05) is 48.5 Å². The summed E-state index contributed by atoms with van der Waals surface area (Å²) < 4.78 is 5.52. The zero-order valence-corrected chi connectivity index (χ0v) is 21.6. The lowest BCUT2D eigenvalue weighted by Crippen LogP contribution is -2.54. The van der Waals surface area contributed by atoms with Crippen LogP contribution in [0.1, 0.15) is 35.9 Å². The fraction of sp³-hybridized carbons (Fsp3) is 0.370. The van der Waals surface area contributed by atoms with Gasteiger partial charge >= 0.3 is 0 Å². The van der Waals surface area contributed by atoms with Gasteiger partial charge in [-0.1, -0.05) is 41.4 Å². The molecule has 0 bridgehead atoms. The molecule has 2 aromatic carbocycles. The third-order valence-electron chi connectivity index (χ3n) is 6.40. The number of aliphatic hydroxyl groups is 3. The predicted molar refractivity (Wildman–Crippen MR) is 142 cm³/mol. The molecule has 1 fully saturated rings. The van der Waals surface area contributed by atoms with Crippen LogP contribution in [0.4, 0.5) is 5.69 Å². The number of aliphatic hydroxyl groups excluding tert-OH is 3. The number of hydrogen-bond donors (Lipinski definition) is 3. The van der Waals surface area contributed by atoms with Crippen molar-refractivity contribution in [1.82, 2.24) is 9.88 Å². The van der Waals surface area contributed by atoms with Gasteiger partial charge in [0.2, 0.25) is 0 Å². The number of hydrogen-bond acceptors (Lipinski definition) is 7. The summed E-state index contributed by atoms with van der Waals surface area (Å²) in [5.74, 6) is 0.607. The van der Waals surface area contributed by atoms with Gasteiger partial charge in [-0.15, -0.1) is 0 Å². The van der Waals surface area contributed by atoms with E-state index in [2.05, 4.69) is 21.7 Å². The zero-order chi connectivity index (χ0) is 25.7. The maximum atomic E-state index is 10.9. The number of piperazine rings is 1. The monoisotopic (exact) mass is 531 g/mol. The number of nitrogens with zero attached hydrogens (tertiary/aromatic N) is 3. The smallest absolute Gasteiger partial charge is 0.121 e. The van der Waals surface area contributed by atoms with Crippen LogP contribution in [0.5, 0.6) is 5.75 Å². The maximum Gasteiger partial charge on any atom is 0.121 e. The number of benzene rings is 2. The Bertz CT molecular complexity index is 1130. The normalized spacial score (nSPS) is 19.3. The second-order valence-corrected chi connectivity index (χ2v) is 9.83. The number of rotatable bonds is 9. The lowest BCUT2D eigenvalue weighted by atomic mass is 9.97. The molecule has 1 saturated heterocycles. The molecule has 1 aromatic heterocycles. The van der Waals surface area contributed by atoms with E-state index in [0.717, 1.165) is 17.8 Å². The average molecular weight is 532 g/mol. The molecular weight excluding hydrogens is 501 g/mol. The van der Waals surface area contributed by atoms with Crippen molar-refractivity contribution in [2.45, 2.75) is 31.7 Å². The molecule has 0 radical (unpaired) electrons. The number of β-amino-alcohol motifs (C(OH)–C–C–N with tert-alkyl or cyclic N) is 1. The molecule has 3 aromatic rings. The summed E-state index contributed by atoms with van der Waals surface area (Å²) in [6.07, 6.45) is 0.911. The molecule has 7 nitrogen and oxygen atoms in total. The molecular formula is C27H31Cl2N3O4. The minimum Gasteiger partial charge on any atom is -0.491 e. The molecule has 36 heavy (non-hydrogen) atoms. The Labute approximate surface area is 221 Å². The predicted octanol–water partition coefficient (Wildman–Crippen LogP) is 4.24. The summed E-state index contributed by atoms with van der Waals surface area (Å²) in [6.45, 7) is 4.00. The quantitative estimate of drug-likeness (QED) is 0.380. The van der Waals surface area contributed by atoms with Crippen molar-refractivity contribution < 1.29 is 20.1 Å². The molecule has 1 aliphatic rings. The fourth-order valence-corrected chi connectivity index (χ4v) is 5.10. The number of ether oxygens (including phenoxy) is 1. The lowest BCUT2D eigenvalue weighted by Gasteiger charge is -2.48. The summed E-state index contributed by atoms with van der Waals surface area (Å²) >= 11 is 12.9. The van der Waals surface area contributed by atoms with E-state index in [1.54, 1.807) is 24.4 Å². The molecule has 9 heteroatoms. The van der Waals surface area contributed by atoms with Gasteiger partial charge in [0.15, 0.2) is 0 Å². The van der Waals surface area contributed by atoms with Crippen LogP contribution in [0.2, 0.25) is 10.0 Å². The third kappa shape index (κ3) is 6.29. The van der Waals surface area contributed by atoms with Gasteiger partial charge in [-0.05, 0) is 42.8 Å². The van der Waals surface area contributed by atoms with E-state index in [0.29, 0.717) is 40.1 Å². The molecule has 0 saturated carbocycles. The summed E-state index contributed by atoms with van der Waals surface area (Å²) in [4.78, 5) is 8.75. The lowest BCUT2D eigenvalue weighted by molar-refractivity contribution is 0.0913. The van der Waals surface area contributed by atoms with E-state index in [9.17, 15) is 10.2 Å². The van der Waals surface area contributed by atoms with Crippen LogP contribution in [-0.2, 0) is 6.61 Å². The molecule has 0 aliphatic carbocycles. The Morgan fingerprint density at radius 3 is 2.47 bits per heavy atom. The minimum atomic E-state index is -0.707. The topological polar surface area (TPSA) is 89.3 Å². The van der Waals surface area contributed by atoms with Crippen molar-refractivity contribution in [2.24, 2.45) is 0 Å². The molecule has 4 rings (SSSR count). The first kappa shape index (κ1) is 26.7. The summed E-state index contributed by atoms with van der Waals surface area (Å²) in [7, 11) is 0. The number of aromatic nitrogens is 1. The molecule has 0 unspecified atom stereocenters. The molecule has 3 N–H and O–H groups in total.